The van der Waals surface area contributed by atoms with Gasteiger partial charge in [0.2, 0.25) is 0 Å². The van der Waals surface area contributed by atoms with Gasteiger partial charge in [-0.3, -0.25) is 14.6 Å². The van der Waals surface area contributed by atoms with Gasteiger partial charge in [0.05, 0.1) is 17.8 Å². The number of thiazole rings is 1. The van der Waals surface area contributed by atoms with Crippen molar-refractivity contribution in [2.24, 2.45) is 4.99 Å². The van der Waals surface area contributed by atoms with Crippen LogP contribution in [0.5, 0.6) is 0 Å². The van der Waals surface area contributed by atoms with Gasteiger partial charge in [0.15, 0.2) is 0 Å². The second-order valence-electron chi connectivity index (χ2n) is 7.21. The largest absolute Gasteiger partial charge is 0.416 e. The van der Waals surface area contributed by atoms with Crippen LogP contribution < -0.4 is 10.6 Å². The molecular formula is C22H24F3N5O2S. The number of anilines is 1. The quantitative estimate of drug-likeness (QED) is 0.515. The molecule has 176 valence electrons. The molecule has 11 heteroatoms. The van der Waals surface area contributed by atoms with Gasteiger partial charge in [-0.1, -0.05) is 19.1 Å². The Kier molecular flexibility index (Phi) is 8.63. The maximum Gasteiger partial charge on any atom is 0.416 e. The molecule has 2 rings (SSSR count). The smallest absolute Gasteiger partial charge is 0.342 e. The predicted octanol–water partition coefficient (Wildman–Crippen LogP) is 5.10. The Hall–Kier alpha value is -3.34. The number of hydrogen-bond acceptors (Lipinski definition) is 6. The number of carbonyl (C=O) groups is 2. The van der Waals surface area contributed by atoms with Crippen molar-refractivity contribution >= 4 is 34.7 Å². The molecule has 33 heavy (non-hydrogen) atoms. The highest BCUT2D eigenvalue weighted by Crippen LogP contribution is 2.33. The van der Waals surface area contributed by atoms with Crippen molar-refractivity contribution in [1.82, 2.24) is 15.3 Å². The average Bonchev–Trinajstić information content (AvgIpc) is 3.23. The number of nitrogens with zero attached hydrogens (tertiary/aromatic N) is 3. The molecule has 0 aliphatic heterocycles. The number of hydrogen-bond donors (Lipinski definition) is 2. The molecule has 2 heterocycles. The zero-order chi connectivity index (χ0) is 24.8. The van der Waals surface area contributed by atoms with Crippen molar-refractivity contribution < 1.29 is 22.8 Å². The highest BCUT2D eigenvalue weighted by molar-refractivity contribution is 7.13. The molecule has 2 aromatic heterocycles. The van der Waals surface area contributed by atoms with Crippen LogP contribution in [0.15, 0.2) is 47.9 Å². The second-order valence-corrected chi connectivity index (χ2v) is 8.27. The first-order chi connectivity index (χ1) is 15.5. The van der Waals surface area contributed by atoms with Crippen molar-refractivity contribution in [3.63, 3.8) is 0 Å². The van der Waals surface area contributed by atoms with E-state index in [-0.39, 0.29) is 28.4 Å². The summed E-state index contributed by atoms with van der Waals surface area (Å²) in [7, 11) is 0. The fraction of sp³-hybridized carbons (Fsp3) is 0.318. The number of carbonyl (C=O) groups excluding carboxylic acids is 2. The number of rotatable bonds is 8. The van der Waals surface area contributed by atoms with E-state index in [2.05, 4.69) is 32.2 Å². The number of nitrogens with one attached hydrogen (secondary N) is 2. The first-order valence-electron chi connectivity index (χ1n) is 9.93. The Morgan fingerprint density at radius 3 is 2.55 bits per heavy atom. The number of aromatic nitrogens is 2. The van der Waals surface area contributed by atoms with Gasteiger partial charge < -0.3 is 10.6 Å². The highest BCUT2D eigenvalue weighted by atomic mass is 32.1. The van der Waals surface area contributed by atoms with Gasteiger partial charge in [-0.05, 0) is 44.9 Å². The van der Waals surface area contributed by atoms with E-state index in [4.69, 9.17) is 0 Å². The monoisotopic (exact) mass is 479 g/mol. The molecule has 0 radical (unpaired) electrons. The van der Waals surface area contributed by atoms with Gasteiger partial charge >= 0.3 is 6.18 Å². The van der Waals surface area contributed by atoms with Crippen LogP contribution in [0, 0.1) is 0 Å². The molecule has 2 N–H and O–H groups in total. The number of halogens is 3. The van der Waals surface area contributed by atoms with Crippen LogP contribution in [0.4, 0.5) is 19.0 Å². The molecule has 0 bridgehead atoms. The molecule has 1 unspecified atom stereocenters. The minimum Gasteiger partial charge on any atom is -0.342 e. The van der Waals surface area contributed by atoms with E-state index < -0.39 is 29.6 Å². The SMILES string of the molecule is C=CN=C(C=C(C)C)C(=O)NC(C)c1ncc(C(=O)Nc2cc(C(F)(F)F)c(CC)cn2)s1. The van der Waals surface area contributed by atoms with Crippen molar-refractivity contribution in [3.05, 3.63) is 63.9 Å². The van der Waals surface area contributed by atoms with Crippen LogP contribution >= 0.6 is 11.3 Å². The third kappa shape index (κ3) is 7.07. The van der Waals surface area contributed by atoms with Crippen LogP contribution in [0.25, 0.3) is 0 Å². The minimum atomic E-state index is -4.56. The van der Waals surface area contributed by atoms with Crippen LogP contribution in [0.1, 0.15) is 59.5 Å². The van der Waals surface area contributed by atoms with E-state index in [1.165, 1.54) is 12.4 Å². The predicted molar refractivity (Wildman–Crippen MR) is 122 cm³/mol. The summed E-state index contributed by atoms with van der Waals surface area (Å²) >= 11 is 1.00. The normalized spacial score (nSPS) is 12.6. The lowest BCUT2D eigenvalue weighted by Gasteiger charge is -2.13. The number of amides is 2. The van der Waals surface area contributed by atoms with Gasteiger partial charge in [-0.2, -0.15) is 13.2 Å². The maximum absolute atomic E-state index is 13.2. The molecule has 0 fully saturated rings. The minimum absolute atomic E-state index is 0.0395. The summed E-state index contributed by atoms with van der Waals surface area (Å²) in [6.07, 6.45) is 0.858. The van der Waals surface area contributed by atoms with Gasteiger partial charge in [-0.25, -0.2) is 9.97 Å². The Morgan fingerprint density at radius 1 is 1.27 bits per heavy atom. The molecular weight excluding hydrogens is 455 g/mol. The third-order valence-corrected chi connectivity index (χ3v) is 5.45. The molecule has 0 aliphatic rings. The Bertz CT molecular complexity index is 1100. The van der Waals surface area contributed by atoms with E-state index in [9.17, 15) is 22.8 Å². The van der Waals surface area contributed by atoms with Gasteiger partial charge in [-0.15, -0.1) is 11.3 Å². The topological polar surface area (TPSA) is 96.3 Å². The van der Waals surface area contributed by atoms with Crippen molar-refractivity contribution in [2.45, 2.75) is 46.3 Å². The fourth-order valence-corrected chi connectivity index (χ4v) is 3.55. The number of alkyl halides is 3. The van der Waals surface area contributed by atoms with Gasteiger partial charge in [0.25, 0.3) is 11.8 Å². The van der Waals surface area contributed by atoms with E-state index in [0.717, 1.165) is 29.2 Å². The lowest BCUT2D eigenvalue weighted by atomic mass is 10.1. The average molecular weight is 480 g/mol. The molecule has 0 saturated heterocycles. The van der Waals surface area contributed by atoms with Crippen molar-refractivity contribution in [2.75, 3.05) is 5.32 Å². The molecule has 0 aliphatic carbocycles. The lowest BCUT2D eigenvalue weighted by molar-refractivity contribution is -0.138. The first-order valence-corrected chi connectivity index (χ1v) is 10.8. The number of pyridine rings is 1. The van der Waals surface area contributed by atoms with E-state index in [1.807, 2.05) is 13.8 Å². The number of allylic oxidation sites excluding steroid dienone is 1. The van der Waals surface area contributed by atoms with Crippen LogP contribution in [0.3, 0.4) is 0 Å². The summed E-state index contributed by atoms with van der Waals surface area (Å²) in [5, 5.41) is 5.55. The molecule has 7 nitrogen and oxygen atoms in total. The zero-order valence-electron chi connectivity index (χ0n) is 18.6. The number of aryl methyl sites for hydroxylation is 1. The summed E-state index contributed by atoms with van der Waals surface area (Å²) in [6, 6.07) is 0.272. The first kappa shape index (κ1) is 25.9. The summed E-state index contributed by atoms with van der Waals surface area (Å²) in [4.78, 5) is 37.1. The van der Waals surface area contributed by atoms with Crippen molar-refractivity contribution in [1.29, 1.82) is 0 Å². The molecule has 0 saturated carbocycles. The molecule has 2 aromatic rings. The molecule has 0 aromatic carbocycles. The van der Waals surface area contributed by atoms with Crippen LogP contribution in [-0.2, 0) is 17.4 Å². The molecule has 0 spiro atoms. The second kappa shape index (κ2) is 11.0. The van der Waals surface area contributed by atoms with Crippen LogP contribution in [0.2, 0.25) is 0 Å². The zero-order valence-corrected chi connectivity index (χ0v) is 19.4. The fourth-order valence-electron chi connectivity index (χ4n) is 2.73. The summed E-state index contributed by atoms with van der Waals surface area (Å²) in [6.45, 7) is 10.4. The lowest BCUT2D eigenvalue weighted by Crippen LogP contribution is -2.32. The van der Waals surface area contributed by atoms with Crippen LogP contribution in [-0.4, -0.2) is 27.5 Å². The van der Waals surface area contributed by atoms with Gasteiger partial charge in [0, 0.05) is 12.4 Å². The Balaban J connectivity index is 2.14. The summed E-state index contributed by atoms with van der Waals surface area (Å²) in [5.41, 5.74) is 0.247. The standard InChI is InChI=1S/C22H24F3N5O2S/c1-6-14-10-27-18(9-15(14)22(23,24)25)30-20(32)17-11-28-21(33-17)13(5)29-19(31)16(26-7-2)8-12(3)4/h7-11,13H,2,6H2,1,3-5H3,(H,29,31)(H,27,30,32). The Labute approximate surface area is 193 Å². The van der Waals surface area contributed by atoms with E-state index >= 15 is 0 Å². The van der Waals surface area contributed by atoms with E-state index in [0.29, 0.717) is 5.01 Å². The Morgan fingerprint density at radius 2 is 1.97 bits per heavy atom. The van der Waals surface area contributed by atoms with E-state index in [1.54, 1.807) is 19.9 Å². The van der Waals surface area contributed by atoms with Crippen molar-refractivity contribution in [3.8, 4) is 0 Å². The molecule has 2 amide bonds. The molecule has 1 atom stereocenters. The maximum atomic E-state index is 13.2. The van der Waals surface area contributed by atoms with Gasteiger partial charge in [0.1, 0.15) is 21.4 Å². The highest BCUT2D eigenvalue weighted by Gasteiger charge is 2.33. The summed E-state index contributed by atoms with van der Waals surface area (Å²) < 4.78 is 39.7. The summed E-state index contributed by atoms with van der Waals surface area (Å²) in [5.74, 6) is -1.31. The third-order valence-electron chi connectivity index (χ3n) is 4.27. The number of aliphatic imine (C=N–C) groups is 1.